The Morgan fingerprint density at radius 1 is 0.879 bits per heavy atom. The van der Waals surface area contributed by atoms with Crippen molar-refractivity contribution in [2.24, 2.45) is 0 Å². The molecule has 0 heterocycles. The second-order valence-corrected chi connectivity index (χ2v) is 9.19. The van der Waals surface area contributed by atoms with Gasteiger partial charge < -0.3 is 19.5 Å². The monoisotopic (exact) mass is 510 g/mol. The van der Waals surface area contributed by atoms with E-state index in [1.54, 1.807) is 18.2 Å². The summed E-state index contributed by atoms with van der Waals surface area (Å²) in [4.78, 5) is 12.3. The lowest BCUT2D eigenvalue weighted by atomic mass is 10.2. The van der Waals surface area contributed by atoms with Gasteiger partial charge in [-0.25, -0.2) is 8.42 Å². The number of carbonyl (C=O) groups is 1. The molecule has 0 saturated heterocycles. The molecule has 1 amide bonds. The number of sulfonamides is 1. The quantitative estimate of drug-likeness (QED) is 0.427. The molecule has 174 valence electrons. The summed E-state index contributed by atoms with van der Waals surface area (Å²) in [6, 6.07) is 15.0. The minimum Gasteiger partial charge on any atom is -0.497 e. The molecule has 0 aromatic heterocycles. The second kappa shape index (κ2) is 10.7. The lowest BCUT2D eigenvalue weighted by Gasteiger charge is -2.12. The van der Waals surface area contributed by atoms with Gasteiger partial charge in [0.2, 0.25) is 0 Å². The number of benzene rings is 3. The third-order valence-corrected chi connectivity index (χ3v) is 6.13. The molecule has 0 aliphatic carbocycles. The van der Waals surface area contributed by atoms with E-state index < -0.39 is 15.9 Å². The maximum atomic E-state index is 12.6. The highest BCUT2D eigenvalue weighted by molar-refractivity contribution is 7.92. The molecule has 8 nitrogen and oxygen atoms in total. The zero-order valence-corrected chi connectivity index (χ0v) is 19.9. The average Bonchev–Trinajstić information content (AvgIpc) is 2.77. The summed E-state index contributed by atoms with van der Waals surface area (Å²) in [5.41, 5.74) is 0.663. The topological polar surface area (TPSA) is 103 Å². The number of methoxy groups -OCH3 is 2. The van der Waals surface area contributed by atoms with Gasteiger partial charge in [-0.1, -0.05) is 23.2 Å². The number of amides is 1. The highest BCUT2D eigenvalue weighted by atomic mass is 35.5. The molecule has 0 fully saturated rings. The number of carbonyl (C=O) groups excluding carboxylic acids is 1. The zero-order valence-electron chi connectivity index (χ0n) is 17.6. The largest absolute Gasteiger partial charge is 0.497 e. The Balaban J connectivity index is 1.62. The van der Waals surface area contributed by atoms with Crippen molar-refractivity contribution in [2.75, 3.05) is 30.9 Å². The third kappa shape index (κ3) is 6.67. The van der Waals surface area contributed by atoms with E-state index >= 15 is 0 Å². The minimum atomic E-state index is -3.88. The summed E-state index contributed by atoms with van der Waals surface area (Å²) in [6.07, 6.45) is 0. The molecule has 3 aromatic rings. The van der Waals surface area contributed by atoms with Crippen LogP contribution in [0.3, 0.4) is 0 Å². The van der Waals surface area contributed by atoms with Crippen molar-refractivity contribution in [1.82, 2.24) is 0 Å². The number of halogens is 2. The fraction of sp³-hybridized carbons (Fsp3) is 0.136. The highest BCUT2D eigenvalue weighted by Crippen LogP contribution is 2.29. The Kier molecular flexibility index (Phi) is 7.91. The molecule has 0 unspecified atom stereocenters. The van der Waals surface area contributed by atoms with Crippen LogP contribution in [-0.4, -0.2) is 35.2 Å². The van der Waals surface area contributed by atoms with E-state index in [1.807, 2.05) is 0 Å². The van der Waals surface area contributed by atoms with E-state index in [1.165, 1.54) is 56.7 Å². The van der Waals surface area contributed by atoms with Gasteiger partial charge in [0, 0.05) is 16.1 Å². The van der Waals surface area contributed by atoms with E-state index in [4.69, 9.17) is 37.4 Å². The first kappa shape index (κ1) is 24.5. The van der Waals surface area contributed by atoms with Crippen molar-refractivity contribution in [1.29, 1.82) is 0 Å². The Hall–Kier alpha value is -3.14. The third-order valence-electron chi connectivity index (χ3n) is 4.30. The lowest BCUT2D eigenvalue weighted by Crippen LogP contribution is -2.20. The van der Waals surface area contributed by atoms with E-state index in [9.17, 15) is 13.2 Å². The van der Waals surface area contributed by atoms with Crippen LogP contribution in [0.2, 0.25) is 10.0 Å². The number of rotatable bonds is 9. The molecule has 0 aliphatic rings. The molecule has 0 radical (unpaired) electrons. The summed E-state index contributed by atoms with van der Waals surface area (Å²) in [5.74, 6) is 0.898. The van der Waals surface area contributed by atoms with E-state index in [0.717, 1.165) is 0 Å². The van der Waals surface area contributed by atoms with Crippen LogP contribution in [-0.2, 0) is 14.8 Å². The Bertz CT molecular complexity index is 1230. The molecule has 0 spiro atoms. The van der Waals surface area contributed by atoms with Crippen LogP contribution < -0.4 is 24.2 Å². The van der Waals surface area contributed by atoms with E-state index in [-0.39, 0.29) is 17.2 Å². The van der Waals surface area contributed by atoms with Crippen molar-refractivity contribution in [3.05, 3.63) is 70.7 Å². The Morgan fingerprint density at radius 3 is 2.12 bits per heavy atom. The predicted molar refractivity (Wildman–Crippen MR) is 127 cm³/mol. The standard InChI is InChI=1S/C22H20Cl2N2O6S/c1-30-18-5-8-21(31-2)20(12-18)25-22(27)13-32-17-3-6-19(7-4-17)33(28,29)26-16-10-14(23)9-15(24)11-16/h3-12,26H,13H2,1-2H3,(H,25,27). The first-order valence-electron chi connectivity index (χ1n) is 9.44. The van der Waals surface area contributed by atoms with Crippen LogP contribution in [0, 0.1) is 0 Å². The molecule has 3 aromatic carbocycles. The number of ether oxygens (including phenoxy) is 3. The van der Waals surface area contributed by atoms with Crippen molar-refractivity contribution < 1.29 is 27.4 Å². The first-order valence-corrected chi connectivity index (χ1v) is 11.7. The van der Waals surface area contributed by atoms with Crippen LogP contribution in [0.25, 0.3) is 0 Å². The molecular weight excluding hydrogens is 491 g/mol. The number of hydrogen-bond acceptors (Lipinski definition) is 6. The van der Waals surface area contributed by atoms with E-state index in [0.29, 0.717) is 33.0 Å². The molecule has 33 heavy (non-hydrogen) atoms. The molecule has 0 atom stereocenters. The maximum Gasteiger partial charge on any atom is 0.262 e. The van der Waals surface area contributed by atoms with Crippen molar-refractivity contribution >= 4 is 50.5 Å². The summed E-state index contributed by atoms with van der Waals surface area (Å²) in [5, 5.41) is 3.28. The van der Waals surface area contributed by atoms with Gasteiger partial charge in [0.15, 0.2) is 6.61 Å². The van der Waals surface area contributed by atoms with Crippen LogP contribution in [0.4, 0.5) is 11.4 Å². The summed E-state index contributed by atoms with van der Waals surface area (Å²) in [6.45, 7) is -0.300. The smallest absolute Gasteiger partial charge is 0.262 e. The number of hydrogen-bond donors (Lipinski definition) is 2. The molecule has 0 aliphatic heterocycles. The molecule has 11 heteroatoms. The fourth-order valence-corrected chi connectivity index (χ4v) is 4.36. The molecular formula is C22H20Cl2N2O6S. The average molecular weight is 511 g/mol. The van der Waals surface area contributed by atoms with Gasteiger partial charge in [0.05, 0.1) is 30.5 Å². The Labute approximate surface area is 201 Å². The van der Waals surface area contributed by atoms with Crippen molar-refractivity contribution in [3.8, 4) is 17.2 Å². The van der Waals surface area contributed by atoms with Crippen LogP contribution in [0.15, 0.2) is 65.6 Å². The minimum absolute atomic E-state index is 0.00323. The number of anilines is 2. The molecule has 0 bridgehead atoms. The van der Waals surface area contributed by atoms with Gasteiger partial charge in [0.1, 0.15) is 17.2 Å². The molecule has 3 rings (SSSR count). The van der Waals surface area contributed by atoms with Crippen LogP contribution in [0.1, 0.15) is 0 Å². The summed E-state index contributed by atoms with van der Waals surface area (Å²) < 4.78 is 43.4. The maximum absolute atomic E-state index is 12.6. The molecule has 2 N–H and O–H groups in total. The highest BCUT2D eigenvalue weighted by Gasteiger charge is 2.15. The number of nitrogens with one attached hydrogen (secondary N) is 2. The van der Waals surface area contributed by atoms with Crippen LogP contribution in [0.5, 0.6) is 17.2 Å². The molecule has 0 saturated carbocycles. The SMILES string of the molecule is COc1ccc(OC)c(NC(=O)COc2ccc(S(=O)(=O)Nc3cc(Cl)cc(Cl)c3)cc2)c1. The summed E-state index contributed by atoms with van der Waals surface area (Å²) >= 11 is 11.8. The normalized spacial score (nSPS) is 10.9. The Morgan fingerprint density at radius 2 is 1.52 bits per heavy atom. The predicted octanol–water partition coefficient (Wildman–Crippen LogP) is 4.83. The first-order chi connectivity index (χ1) is 15.7. The zero-order chi connectivity index (χ0) is 24.0. The van der Waals surface area contributed by atoms with Crippen LogP contribution >= 0.6 is 23.2 Å². The van der Waals surface area contributed by atoms with Gasteiger partial charge in [-0.15, -0.1) is 0 Å². The lowest BCUT2D eigenvalue weighted by molar-refractivity contribution is -0.118. The summed E-state index contributed by atoms with van der Waals surface area (Å²) in [7, 11) is -0.878. The van der Waals surface area contributed by atoms with E-state index in [2.05, 4.69) is 10.0 Å². The van der Waals surface area contributed by atoms with Gasteiger partial charge in [0.25, 0.3) is 15.9 Å². The van der Waals surface area contributed by atoms with Crippen molar-refractivity contribution in [3.63, 3.8) is 0 Å². The van der Waals surface area contributed by atoms with Gasteiger partial charge in [-0.3, -0.25) is 9.52 Å². The van der Waals surface area contributed by atoms with Gasteiger partial charge in [-0.05, 0) is 54.6 Å². The second-order valence-electron chi connectivity index (χ2n) is 6.64. The van der Waals surface area contributed by atoms with Crippen molar-refractivity contribution in [2.45, 2.75) is 4.90 Å². The van der Waals surface area contributed by atoms with Gasteiger partial charge >= 0.3 is 0 Å². The van der Waals surface area contributed by atoms with Gasteiger partial charge in [-0.2, -0.15) is 0 Å². The fourth-order valence-electron chi connectivity index (χ4n) is 2.79.